The number of hydrogen-bond acceptors (Lipinski definition) is 4. The summed E-state index contributed by atoms with van der Waals surface area (Å²) in [6.07, 6.45) is 3.55. The quantitative estimate of drug-likeness (QED) is 0.928. The average molecular weight is 341 g/mol. The molecule has 2 aromatic heterocycles. The van der Waals surface area contributed by atoms with Crippen LogP contribution in [0.1, 0.15) is 42.3 Å². The molecule has 0 saturated carbocycles. The number of fused-ring (bicyclic) bond motifs is 1. The first-order chi connectivity index (χ1) is 9.24. The van der Waals surface area contributed by atoms with Crippen LogP contribution >= 0.6 is 27.3 Å². The summed E-state index contributed by atoms with van der Waals surface area (Å²) < 4.78 is 3.44. The molecule has 0 amide bonds. The predicted molar refractivity (Wildman–Crippen MR) is 80.2 cm³/mol. The van der Waals surface area contributed by atoms with Gasteiger partial charge in [0.15, 0.2) is 0 Å². The molecule has 4 nitrogen and oxygen atoms in total. The molecule has 6 heteroatoms. The Kier molecular flexibility index (Phi) is 4.00. The van der Waals surface area contributed by atoms with Crippen molar-refractivity contribution >= 4 is 27.3 Å². The minimum absolute atomic E-state index is 0.236. The second-order valence-corrected chi connectivity index (χ2v) is 6.83. The van der Waals surface area contributed by atoms with E-state index in [4.69, 9.17) is 0 Å². The van der Waals surface area contributed by atoms with Crippen molar-refractivity contribution < 1.29 is 0 Å². The van der Waals surface area contributed by atoms with Gasteiger partial charge >= 0.3 is 0 Å². The van der Waals surface area contributed by atoms with Crippen molar-refractivity contribution in [1.29, 1.82) is 0 Å². The molecule has 0 unspecified atom stereocenters. The van der Waals surface area contributed by atoms with E-state index < -0.39 is 0 Å². The van der Waals surface area contributed by atoms with Crippen LogP contribution in [0.25, 0.3) is 0 Å². The zero-order chi connectivity index (χ0) is 13.2. The Hall–Kier alpha value is -0.720. The Morgan fingerprint density at radius 3 is 3.16 bits per heavy atom. The highest BCUT2D eigenvalue weighted by Gasteiger charge is 2.19. The first kappa shape index (κ1) is 13.3. The maximum atomic E-state index is 4.36. The summed E-state index contributed by atoms with van der Waals surface area (Å²) in [5.41, 5.74) is 0. The smallest absolute Gasteiger partial charge is 0.149 e. The Balaban J connectivity index is 1.67. The van der Waals surface area contributed by atoms with E-state index in [1.165, 1.54) is 17.7 Å². The molecule has 3 rings (SSSR count). The highest BCUT2D eigenvalue weighted by molar-refractivity contribution is 9.10. The van der Waals surface area contributed by atoms with Gasteiger partial charge in [-0.15, -0.1) is 21.5 Å². The highest BCUT2D eigenvalue weighted by Crippen LogP contribution is 2.22. The summed E-state index contributed by atoms with van der Waals surface area (Å²) >= 11 is 5.25. The van der Waals surface area contributed by atoms with Gasteiger partial charge in [0.1, 0.15) is 11.6 Å². The number of nitrogens with zero attached hydrogens (tertiary/aromatic N) is 3. The third-order valence-electron chi connectivity index (χ3n) is 3.48. The van der Waals surface area contributed by atoms with Crippen molar-refractivity contribution in [2.24, 2.45) is 0 Å². The van der Waals surface area contributed by atoms with Crippen molar-refractivity contribution in [3.63, 3.8) is 0 Å². The first-order valence-electron chi connectivity index (χ1n) is 6.62. The summed E-state index contributed by atoms with van der Waals surface area (Å²) in [4.78, 5) is 1.33. The molecule has 1 N–H and O–H groups in total. The first-order valence-corrected chi connectivity index (χ1v) is 8.29. The largest absolute Gasteiger partial charge is 0.314 e. The number of aryl methyl sites for hydroxylation is 1. The molecule has 0 spiro atoms. The molecule has 0 fully saturated rings. The maximum Gasteiger partial charge on any atom is 0.149 e. The molecule has 0 bridgehead atoms. The Labute approximate surface area is 125 Å². The summed E-state index contributed by atoms with van der Waals surface area (Å²) in [6.45, 7) is 4.10. The molecular formula is C13H17BrN4S. The Bertz CT molecular complexity index is 563. The van der Waals surface area contributed by atoms with Gasteiger partial charge in [0.2, 0.25) is 0 Å². The lowest BCUT2D eigenvalue weighted by Gasteiger charge is -2.18. The lowest BCUT2D eigenvalue weighted by molar-refractivity contribution is 0.466. The van der Waals surface area contributed by atoms with Crippen LogP contribution in [-0.2, 0) is 19.5 Å². The molecule has 102 valence electrons. The highest BCUT2D eigenvalue weighted by atomic mass is 79.9. The summed E-state index contributed by atoms with van der Waals surface area (Å²) in [5, 5.41) is 14.3. The van der Waals surface area contributed by atoms with E-state index >= 15 is 0 Å². The van der Waals surface area contributed by atoms with E-state index in [1.807, 2.05) is 0 Å². The van der Waals surface area contributed by atoms with Gasteiger partial charge in [-0.2, -0.15) is 0 Å². The van der Waals surface area contributed by atoms with E-state index in [9.17, 15) is 0 Å². The van der Waals surface area contributed by atoms with Gasteiger partial charge in [-0.3, -0.25) is 0 Å². The van der Waals surface area contributed by atoms with Crippen molar-refractivity contribution in [1.82, 2.24) is 20.1 Å². The zero-order valence-corrected chi connectivity index (χ0v) is 13.3. The fourth-order valence-electron chi connectivity index (χ4n) is 2.44. The molecule has 0 saturated heterocycles. The number of nitrogens with one attached hydrogen (secondary N) is 1. The molecule has 19 heavy (non-hydrogen) atoms. The van der Waals surface area contributed by atoms with Crippen LogP contribution in [0, 0.1) is 0 Å². The van der Waals surface area contributed by atoms with Crippen molar-refractivity contribution in [2.75, 3.05) is 0 Å². The standard InChI is InChI=1S/C13H17BrN4S/c1-9(15-7-11-6-10(14)8-19-11)13-17-16-12-4-2-3-5-18(12)13/h6,8-9,15H,2-5,7H2,1H3/t9-/m1/s1. The molecule has 1 aliphatic rings. The van der Waals surface area contributed by atoms with Crippen molar-refractivity contribution in [3.05, 3.63) is 32.4 Å². The molecule has 3 heterocycles. The van der Waals surface area contributed by atoms with Gasteiger partial charge in [-0.05, 0) is 41.8 Å². The lowest BCUT2D eigenvalue weighted by atomic mass is 10.1. The van der Waals surface area contributed by atoms with Crippen LogP contribution in [0.15, 0.2) is 15.9 Å². The van der Waals surface area contributed by atoms with Crippen molar-refractivity contribution in [2.45, 2.75) is 45.3 Å². The summed E-state index contributed by atoms with van der Waals surface area (Å²) in [6, 6.07) is 2.39. The van der Waals surface area contributed by atoms with Gasteiger partial charge in [0, 0.05) is 34.2 Å². The fourth-order valence-corrected chi connectivity index (χ4v) is 3.84. The van der Waals surface area contributed by atoms with Crippen LogP contribution in [0.5, 0.6) is 0 Å². The minimum Gasteiger partial charge on any atom is -0.314 e. The van der Waals surface area contributed by atoms with Crippen molar-refractivity contribution in [3.8, 4) is 0 Å². The van der Waals surface area contributed by atoms with Crippen LogP contribution in [0.2, 0.25) is 0 Å². The SMILES string of the molecule is C[C@@H](NCc1cc(Br)cs1)c1nnc2n1CCCC2. The molecule has 1 atom stereocenters. The second kappa shape index (κ2) is 5.73. The molecule has 2 aromatic rings. The maximum absolute atomic E-state index is 4.36. The topological polar surface area (TPSA) is 42.7 Å². The van der Waals surface area contributed by atoms with Crippen LogP contribution in [0.3, 0.4) is 0 Å². The number of thiophene rings is 1. The Morgan fingerprint density at radius 2 is 2.37 bits per heavy atom. The molecular weight excluding hydrogens is 324 g/mol. The number of aromatic nitrogens is 3. The third kappa shape index (κ3) is 2.90. The number of halogens is 1. The third-order valence-corrected chi connectivity index (χ3v) is 5.18. The Morgan fingerprint density at radius 1 is 1.47 bits per heavy atom. The second-order valence-electron chi connectivity index (χ2n) is 4.92. The van der Waals surface area contributed by atoms with E-state index in [1.54, 1.807) is 11.3 Å². The van der Waals surface area contributed by atoms with Crippen LogP contribution < -0.4 is 5.32 Å². The van der Waals surface area contributed by atoms with E-state index in [2.05, 4.69) is 54.4 Å². The van der Waals surface area contributed by atoms with Gasteiger partial charge < -0.3 is 9.88 Å². The van der Waals surface area contributed by atoms with Gasteiger partial charge in [-0.25, -0.2) is 0 Å². The number of rotatable bonds is 4. The van der Waals surface area contributed by atoms with Crippen LogP contribution in [-0.4, -0.2) is 14.8 Å². The summed E-state index contributed by atoms with van der Waals surface area (Å²) in [7, 11) is 0. The zero-order valence-electron chi connectivity index (χ0n) is 10.9. The van der Waals surface area contributed by atoms with E-state index in [0.717, 1.165) is 35.6 Å². The van der Waals surface area contributed by atoms with Gasteiger partial charge in [-0.1, -0.05) is 0 Å². The molecule has 0 radical (unpaired) electrons. The average Bonchev–Trinajstić information content (AvgIpc) is 3.02. The predicted octanol–water partition coefficient (Wildman–Crippen LogP) is 3.29. The molecule has 0 aromatic carbocycles. The van der Waals surface area contributed by atoms with Gasteiger partial charge in [0.25, 0.3) is 0 Å². The fraction of sp³-hybridized carbons (Fsp3) is 0.538. The number of hydrogen-bond donors (Lipinski definition) is 1. The van der Waals surface area contributed by atoms with Crippen LogP contribution in [0.4, 0.5) is 0 Å². The molecule has 1 aliphatic heterocycles. The van der Waals surface area contributed by atoms with E-state index in [-0.39, 0.29) is 6.04 Å². The van der Waals surface area contributed by atoms with E-state index in [0.29, 0.717) is 0 Å². The lowest BCUT2D eigenvalue weighted by Crippen LogP contribution is -2.23. The molecule has 0 aliphatic carbocycles. The normalized spacial score (nSPS) is 16.3. The van der Waals surface area contributed by atoms with Gasteiger partial charge in [0.05, 0.1) is 6.04 Å². The summed E-state index contributed by atoms with van der Waals surface area (Å²) in [5.74, 6) is 2.22. The minimum atomic E-state index is 0.236. The monoisotopic (exact) mass is 340 g/mol.